The Morgan fingerprint density at radius 1 is 1.20 bits per heavy atom. The Hall–Kier alpha value is -4.32. The van der Waals surface area contributed by atoms with Crippen LogP contribution in [0.4, 0.5) is 10.1 Å². The number of pyridine rings is 2. The molecule has 0 fully saturated rings. The molecule has 2 heterocycles. The molecule has 3 aromatic rings. The summed E-state index contributed by atoms with van der Waals surface area (Å²) >= 11 is 0. The summed E-state index contributed by atoms with van der Waals surface area (Å²) in [6.07, 6.45) is 1.52. The van der Waals surface area contributed by atoms with Crippen molar-refractivity contribution < 1.29 is 29.1 Å². The number of nitrogens with one attached hydrogen (secondary N) is 1. The van der Waals surface area contributed by atoms with Gasteiger partial charge in [-0.3, -0.25) is 29.4 Å². The summed E-state index contributed by atoms with van der Waals surface area (Å²) in [4.78, 5) is 54.4. The standard InChI is InChI=1S/C23H24FN5O6/c1-5-29(35)22(33)17-19(30)18-16(28(4)21(17)32)9-12(11-25-18)8-13-6-7-14(24)10-15(13)26-20(31)23(34)27(2)3/h6-7,9-11,30,35H,5,8H2,1-4H3,(H,26,31). The molecule has 0 aliphatic rings. The van der Waals surface area contributed by atoms with Gasteiger partial charge in [-0.25, -0.2) is 9.45 Å². The fraction of sp³-hybridized carbons (Fsp3) is 0.261. The number of carbonyl (C=O) groups is 3. The normalized spacial score (nSPS) is 10.8. The Kier molecular flexibility index (Phi) is 7.15. The molecule has 3 amide bonds. The first-order valence-electron chi connectivity index (χ1n) is 10.5. The lowest BCUT2D eigenvalue weighted by Gasteiger charge is -2.16. The molecule has 0 radical (unpaired) electrons. The third-order valence-corrected chi connectivity index (χ3v) is 5.33. The highest BCUT2D eigenvalue weighted by atomic mass is 19.1. The van der Waals surface area contributed by atoms with E-state index in [1.165, 1.54) is 46.4 Å². The van der Waals surface area contributed by atoms with Crippen LogP contribution in [-0.2, 0) is 23.1 Å². The topological polar surface area (TPSA) is 145 Å². The van der Waals surface area contributed by atoms with Gasteiger partial charge in [0.1, 0.15) is 11.3 Å². The van der Waals surface area contributed by atoms with E-state index in [1.54, 1.807) is 6.07 Å². The van der Waals surface area contributed by atoms with Crippen LogP contribution in [0.25, 0.3) is 11.0 Å². The fourth-order valence-corrected chi connectivity index (χ4v) is 3.41. The van der Waals surface area contributed by atoms with Gasteiger partial charge in [-0.2, -0.15) is 0 Å². The number of anilines is 1. The summed E-state index contributed by atoms with van der Waals surface area (Å²) in [7, 11) is 4.21. The molecular weight excluding hydrogens is 461 g/mol. The van der Waals surface area contributed by atoms with E-state index in [2.05, 4.69) is 10.3 Å². The molecule has 0 spiro atoms. The molecule has 184 valence electrons. The summed E-state index contributed by atoms with van der Waals surface area (Å²) in [5.74, 6) is -4.09. The van der Waals surface area contributed by atoms with Crippen molar-refractivity contribution >= 4 is 34.4 Å². The van der Waals surface area contributed by atoms with Gasteiger partial charge in [-0.05, 0) is 36.2 Å². The lowest BCUT2D eigenvalue weighted by Crippen LogP contribution is -2.34. The molecule has 11 nitrogen and oxygen atoms in total. The van der Waals surface area contributed by atoms with Crippen LogP contribution in [-0.4, -0.2) is 68.2 Å². The van der Waals surface area contributed by atoms with Crippen molar-refractivity contribution in [2.75, 3.05) is 26.0 Å². The van der Waals surface area contributed by atoms with Gasteiger partial charge >= 0.3 is 11.8 Å². The number of hydrogen-bond donors (Lipinski definition) is 3. The first-order valence-corrected chi connectivity index (χ1v) is 10.5. The lowest BCUT2D eigenvalue weighted by molar-refractivity contribution is -0.141. The molecular formula is C23H24FN5O6. The van der Waals surface area contributed by atoms with Gasteiger partial charge in [0.25, 0.3) is 11.5 Å². The number of aryl methyl sites for hydroxylation is 1. The monoisotopic (exact) mass is 485 g/mol. The van der Waals surface area contributed by atoms with Gasteiger partial charge in [0, 0.05) is 46.0 Å². The average Bonchev–Trinajstić information content (AvgIpc) is 2.83. The van der Waals surface area contributed by atoms with E-state index in [0.29, 0.717) is 16.2 Å². The number of halogens is 1. The number of hydrogen-bond acceptors (Lipinski definition) is 7. The predicted octanol–water partition coefficient (Wildman–Crippen LogP) is 1.25. The zero-order valence-corrected chi connectivity index (χ0v) is 19.5. The maximum atomic E-state index is 13.9. The summed E-state index contributed by atoms with van der Waals surface area (Å²) in [6.45, 7) is 1.40. The number of amides is 3. The maximum absolute atomic E-state index is 13.9. The van der Waals surface area contributed by atoms with Crippen molar-refractivity contribution in [3.63, 3.8) is 0 Å². The molecule has 35 heavy (non-hydrogen) atoms. The van der Waals surface area contributed by atoms with E-state index < -0.39 is 40.4 Å². The maximum Gasteiger partial charge on any atom is 0.313 e. The Morgan fingerprint density at radius 3 is 2.51 bits per heavy atom. The molecule has 12 heteroatoms. The number of benzene rings is 1. The van der Waals surface area contributed by atoms with Crippen molar-refractivity contribution in [2.45, 2.75) is 13.3 Å². The van der Waals surface area contributed by atoms with E-state index in [1.807, 2.05) is 0 Å². The number of hydroxylamine groups is 2. The predicted molar refractivity (Wildman–Crippen MR) is 124 cm³/mol. The minimum atomic E-state index is -1.06. The van der Waals surface area contributed by atoms with Gasteiger partial charge in [-0.1, -0.05) is 6.07 Å². The number of fused-ring (bicyclic) bond motifs is 1. The molecule has 0 aliphatic carbocycles. The minimum absolute atomic E-state index is 0.0343. The molecule has 0 saturated heterocycles. The SMILES string of the molecule is CCN(O)C(=O)c1c(O)c2ncc(Cc3ccc(F)cc3NC(=O)C(=O)N(C)C)cc2n(C)c1=O. The number of aromatic nitrogens is 2. The molecule has 0 atom stereocenters. The third kappa shape index (κ3) is 4.96. The second-order valence-corrected chi connectivity index (χ2v) is 7.95. The van der Waals surface area contributed by atoms with Crippen LogP contribution in [0.15, 0.2) is 35.3 Å². The highest BCUT2D eigenvalue weighted by molar-refractivity contribution is 6.39. The molecule has 3 rings (SSSR count). The fourth-order valence-electron chi connectivity index (χ4n) is 3.41. The smallest absolute Gasteiger partial charge is 0.313 e. The van der Waals surface area contributed by atoms with Gasteiger partial charge in [0.05, 0.1) is 5.52 Å². The highest BCUT2D eigenvalue weighted by Gasteiger charge is 2.25. The Labute approximate surface area is 199 Å². The number of rotatable bonds is 5. The zero-order chi connectivity index (χ0) is 26.0. The van der Waals surface area contributed by atoms with Crippen molar-refractivity contribution in [1.29, 1.82) is 0 Å². The molecule has 0 bridgehead atoms. The van der Waals surface area contributed by atoms with Crippen LogP contribution >= 0.6 is 0 Å². The second kappa shape index (κ2) is 9.89. The summed E-state index contributed by atoms with van der Waals surface area (Å²) < 4.78 is 15.0. The van der Waals surface area contributed by atoms with Crippen molar-refractivity contribution in [2.24, 2.45) is 7.05 Å². The molecule has 3 N–H and O–H groups in total. The van der Waals surface area contributed by atoms with E-state index in [0.717, 1.165) is 15.5 Å². The summed E-state index contributed by atoms with van der Waals surface area (Å²) in [6, 6.07) is 5.27. The van der Waals surface area contributed by atoms with Crippen LogP contribution in [0, 0.1) is 5.82 Å². The van der Waals surface area contributed by atoms with E-state index in [9.17, 15) is 33.9 Å². The lowest BCUT2D eigenvalue weighted by atomic mass is 10.0. The Balaban J connectivity index is 2.03. The van der Waals surface area contributed by atoms with E-state index in [4.69, 9.17) is 0 Å². The van der Waals surface area contributed by atoms with Crippen LogP contribution < -0.4 is 10.9 Å². The van der Waals surface area contributed by atoms with E-state index in [-0.39, 0.29) is 29.7 Å². The number of aromatic hydroxyl groups is 1. The van der Waals surface area contributed by atoms with Crippen LogP contribution in [0.3, 0.4) is 0 Å². The third-order valence-electron chi connectivity index (χ3n) is 5.33. The quantitative estimate of drug-likeness (QED) is 0.280. The summed E-state index contributed by atoms with van der Waals surface area (Å²) in [5, 5.41) is 23.0. The molecule has 1 aromatic carbocycles. The van der Waals surface area contributed by atoms with Gasteiger partial charge in [0.15, 0.2) is 11.3 Å². The van der Waals surface area contributed by atoms with Crippen molar-refractivity contribution in [3.05, 3.63) is 63.3 Å². The minimum Gasteiger partial charge on any atom is -0.505 e. The first kappa shape index (κ1) is 25.3. The van der Waals surface area contributed by atoms with Crippen LogP contribution in [0.5, 0.6) is 5.75 Å². The largest absolute Gasteiger partial charge is 0.505 e. The Morgan fingerprint density at radius 2 is 1.89 bits per heavy atom. The first-order chi connectivity index (χ1) is 16.5. The average molecular weight is 485 g/mol. The van der Waals surface area contributed by atoms with E-state index >= 15 is 0 Å². The Bertz CT molecular complexity index is 1400. The van der Waals surface area contributed by atoms with Crippen LogP contribution in [0.2, 0.25) is 0 Å². The van der Waals surface area contributed by atoms with Gasteiger partial charge in [0.2, 0.25) is 0 Å². The summed E-state index contributed by atoms with van der Waals surface area (Å²) in [5.41, 5.74) is -0.185. The molecule has 0 aliphatic heterocycles. The number of carbonyl (C=O) groups excluding carboxylic acids is 3. The van der Waals surface area contributed by atoms with Crippen molar-refractivity contribution in [3.8, 4) is 5.75 Å². The van der Waals surface area contributed by atoms with Gasteiger partial charge < -0.3 is 19.9 Å². The van der Waals surface area contributed by atoms with Crippen LogP contribution in [0.1, 0.15) is 28.4 Å². The second-order valence-electron chi connectivity index (χ2n) is 7.95. The number of likely N-dealkylation sites (N-methyl/N-ethyl adjacent to an activating group) is 1. The zero-order valence-electron chi connectivity index (χ0n) is 19.5. The molecule has 0 unspecified atom stereocenters. The molecule has 0 saturated carbocycles. The van der Waals surface area contributed by atoms with Crippen molar-refractivity contribution in [1.82, 2.24) is 19.5 Å². The highest BCUT2D eigenvalue weighted by Crippen LogP contribution is 2.27. The van der Waals surface area contributed by atoms with Gasteiger partial charge in [-0.15, -0.1) is 0 Å². The molecule has 2 aromatic heterocycles. The number of nitrogens with zero attached hydrogens (tertiary/aromatic N) is 4.